The third-order valence-electron chi connectivity index (χ3n) is 3.59. The van der Waals surface area contributed by atoms with Crippen LogP contribution in [0.3, 0.4) is 0 Å². The Labute approximate surface area is 129 Å². The van der Waals surface area contributed by atoms with Gasteiger partial charge in [-0.25, -0.2) is 0 Å². The Bertz CT molecular complexity index is 586. The largest absolute Gasteiger partial charge is 0.345 e. The van der Waals surface area contributed by atoms with Gasteiger partial charge in [-0.05, 0) is 31.5 Å². The number of anilines is 2. The van der Waals surface area contributed by atoms with Crippen LogP contribution in [-0.4, -0.2) is 30.3 Å². The van der Waals surface area contributed by atoms with E-state index in [2.05, 4.69) is 10.6 Å². The molecule has 0 radical (unpaired) electrons. The molecular formula is C16H21N3O3. The van der Waals surface area contributed by atoms with Crippen LogP contribution in [0.4, 0.5) is 11.4 Å². The summed E-state index contributed by atoms with van der Waals surface area (Å²) in [5, 5.41) is 5.37. The van der Waals surface area contributed by atoms with Crippen molar-refractivity contribution >= 4 is 29.1 Å². The molecule has 1 heterocycles. The van der Waals surface area contributed by atoms with Crippen LogP contribution in [0.25, 0.3) is 0 Å². The molecule has 6 nitrogen and oxygen atoms in total. The minimum Gasteiger partial charge on any atom is -0.345 e. The Kier molecular flexibility index (Phi) is 5.14. The van der Waals surface area contributed by atoms with Gasteiger partial charge in [-0.3, -0.25) is 14.4 Å². The van der Waals surface area contributed by atoms with Crippen LogP contribution in [0.1, 0.15) is 33.1 Å². The zero-order valence-electron chi connectivity index (χ0n) is 12.9. The zero-order valence-corrected chi connectivity index (χ0v) is 12.9. The second kappa shape index (κ2) is 7.06. The van der Waals surface area contributed by atoms with Gasteiger partial charge in [0.25, 0.3) is 0 Å². The van der Waals surface area contributed by atoms with E-state index in [0.29, 0.717) is 25.1 Å². The van der Waals surface area contributed by atoms with E-state index < -0.39 is 6.04 Å². The van der Waals surface area contributed by atoms with E-state index in [4.69, 9.17) is 0 Å². The molecule has 0 spiro atoms. The number of hydrogen-bond acceptors (Lipinski definition) is 3. The molecular weight excluding hydrogens is 282 g/mol. The Balaban J connectivity index is 2.02. The first-order valence-electron chi connectivity index (χ1n) is 7.52. The lowest BCUT2D eigenvalue weighted by Crippen LogP contribution is -2.41. The SMILES string of the molecule is CCC(=O)N[C@H](C)C(=O)Nc1cccc(N2CCCC2=O)c1. The first-order chi connectivity index (χ1) is 10.5. The van der Waals surface area contributed by atoms with Crippen molar-refractivity contribution in [1.29, 1.82) is 0 Å². The zero-order chi connectivity index (χ0) is 16.1. The summed E-state index contributed by atoms with van der Waals surface area (Å²) in [4.78, 5) is 36.8. The summed E-state index contributed by atoms with van der Waals surface area (Å²) in [5.74, 6) is -0.349. The minimum absolute atomic E-state index is 0.104. The van der Waals surface area contributed by atoms with Crippen molar-refractivity contribution in [2.24, 2.45) is 0 Å². The molecule has 0 bridgehead atoms. The van der Waals surface area contributed by atoms with E-state index in [0.717, 1.165) is 12.1 Å². The molecule has 0 aromatic heterocycles. The van der Waals surface area contributed by atoms with Crippen LogP contribution in [-0.2, 0) is 14.4 Å². The van der Waals surface area contributed by atoms with Crippen LogP contribution >= 0.6 is 0 Å². The Hall–Kier alpha value is -2.37. The molecule has 1 aliphatic heterocycles. The van der Waals surface area contributed by atoms with Gasteiger partial charge in [0.05, 0.1) is 0 Å². The molecule has 0 unspecified atom stereocenters. The molecule has 1 aliphatic rings. The topological polar surface area (TPSA) is 78.5 Å². The molecule has 2 N–H and O–H groups in total. The van der Waals surface area contributed by atoms with Gasteiger partial charge in [-0.15, -0.1) is 0 Å². The number of amides is 3. The summed E-state index contributed by atoms with van der Waals surface area (Å²) < 4.78 is 0. The molecule has 22 heavy (non-hydrogen) atoms. The maximum atomic E-state index is 12.1. The molecule has 3 amide bonds. The second-order valence-electron chi connectivity index (χ2n) is 5.33. The minimum atomic E-state index is -0.607. The number of carbonyl (C=O) groups is 3. The monoisotopic (exact) mass is 303 g/mol. The first kappa shape index (κ1) is 16.0. The van der Waals surface area contributed by atoms with Gasteiger partial charge >= 0.3 is 0 Å². The van der Waals surface area contributed by atoms with Gasteiger partial charge in [0.15, 0.2) is 0 Å². The molecule has 0 aliphatic carbocycles. The average molecular weight is 303 g/mol. The summed E-state index contributed by atoms with van der Waals surface area (Å²) in [6.07, 6.45) is 1.76. The van der Waals surface area contributed by atoms with E-state index in [1.807, 2.05) is 6.07 Å². The van der Waals surface area contributed by atoms with Gasteiger partial charge in [-0.1, -0.05) is 13.0 Å². The molecule has 1 aromatic carbocycles. The molecule has 118 valence electrons. The molecule has 1 fully saturated rings. The highest BCUT2D eigenvalue weighted by Crippen LogP contribution is 2.24. The number of benzene rings is 1. The van der Waals surface area contributed by atoms with Gasteiger partial charge in [-0.2, -0.15) is 0 Å². The van der Waals surface area contributed by atoms with Gasteiger partial charge in [0.2, 0.25) is 17.7 Å². The third kappa shape index (κ3) is 3.84. The molecule has 0 saturated carbocycles. The highest BCUT2D eigenvalue weighted by Gasteiger charge is 2.22. The summed E-state index contributed by atoms with van der Waals surface area (Å²) in [6, 6.07) is 6.57. The quantitative estimate of drug-likeness (QED) is 0.868. The third-order valence-corrected chi connectivity index (χ3v) is 3.59. The number of rotatable bonds is 5. The predicted octanol–water partition coefficient (Wildman–Crippen LogP) is 1.67. The number of nitrogens with zero attached hydrogens (tertiary/aromatic N) is 1. The molecule has 6 heteroatoms. The fourth-order valence-corrected chi connectivity index (χ4v) is 2.33. The lowest BCUT2D eigenvalue weighted by Gasteiger charge is -2.18. The van der Waals surface area contributed by atoms with E-state index in [1.165, 1.54) is 0 Å². The summed E-state index contributed by atoms with van der Waals surface area (Å²) in [6.45, 7) is 4.08. The van der Waals surface area contributed by atoms with Crippen molar-refractivity contribution in [2.45, 2.75) is 39.2 Å². The summed E-state index contributed by atoms with van der Waals surface area (Å²) in [7, 11) is 0. The Morgan fingerprint density at radius 1 is 1.36 bits per heavy atom. The average Bonchev–Trinajstić information content (AvgIpc) is 2.93. The molecule has 1 aromatic rings. The summed E-state index contributed by atoms with van der Waals surface area (Å²) >= 11 is 0. The summed E-state index contributed by atoms with van der Waals surface area (Å²) in [5.41, 5.74) is 1.39. The van der Waals surface area contributed by atoms with E-state index in [-0.39, 0.29) is 17.7 Å². The lowest BCUT2D eigenvalue weighted by molar-refractivity contribution is -0.125. The van der Waals surface area contributed by atoms with Crippen LogP contribution in [0.15, 0.2) is 24.3 Å². The highest BCUT2D eigenvalue weighted by molar-refractivity contribution is 5.99. The Morgan fingerprint density at radius 3 is 2.77 bits per heavy atom. The van der Waals surface area contributed by atoms with Crippen molar-refractivity contribution in [1.82, 2.24) is 5.32 Å². The Morgan fingerprint density at radius 2 is 2.14 bits per heavy atom. The molecule has 2 rings (SSSR count). The number of nitrogens with one attached hydrogen (secondary N) is 2. The van der Waals surface area contributed by atoms with Crippen molar-refractivity contribution in [3.63, 3.8) is 0 Å². The normalized spacial score (nSPS) is 15.5. The number of carbonyl (C=O) groups excluding carboxylic acids is 3. The fraction of sp³-hybridized carbons (Fsp3) is 0.438. The number of hydrogen-bond donors (Lipinski definition) is 2. The van der Waals surface area contributed by atoms with E-state index in [9.17, 15) is 14.4 Å². The van der Waals surface area contributed by atoms with Crippen molar-refractivity contribution in [3.05, 3.63) is 24.3 Å². The van der Waals surface area contributed by atoms with E-state index >= 15 is 0 Å². The maximum absolute atomic E-state index is 12.1. The van der Waals surface area contributed by atoms with Crippen molar-refractivity contribution in [2.75, 3.05) is 16.8 Å². The van der Waals surface area contributed by atoms with Crippen LogP contribution in [0.5, 0.6) is 0 Å². The van der Waals surface area contributed by atoms with Crippen LogP contribution in [0.2, 0.25) is 0 Å². The lowest BCUT2D eigenvalue weighted by atomic mass is 10.2. The standard InChI is InChI=1S/C16H21N3O3/c1-3-14(20)17-11(2)16(22)18-12-6-4-7-13(10-12)19-9-5-8-15(19)21/h4,6-7,10-11H,3,5,8-9H2,1-2H3,(H,17,20)(H,18,22)/t11-/m1/s1. The molecule has 1 atom stereocenters. The van der Waals surface area contributed by atoms with Crippen LogP contribution < -0.4 is 15.5 Å². The van der Waals surface area contributed by atoms with Crippen LogP contribution in [0, 0.1) is 0 Å². The van der Waals surface area contributed by atoms with Gasteiger partial charge in [0.1, 0.15) is 6.04 Å². The predicted molar refractivity (Wildman–Crippen MR) is 84.6 cm³/mol. The van der Waals surface area contributed by atoms with Gasteiger partial charge in [0, 0.05) is 30.8 Å². The second-order valence-corrected chi connectivity index (χ2v) is 5.33. The highest BCUT2D eigenvalue weighted by atomic mass is 16.2. The van der Waals surface area contributed by atoms with E-state index in [1.54, 1.807) is 36.9 Å². The smallest absolute Gasteiger partial charge is 0.246 e. The van der Waals surface area contributed by atoms with Gasteiger partial charge < -0.3 is 15.5 Å². The molecule has 1 saturated heterocycles. The maximum Gasteiger partial charge on any atom is 0.246 e. The fourth-order valence-electron chi connectivity index (χ4n) is 2.33. The van der Waals surface area contributed by atoms with Crippen molar-refractivity contribution in [3.8, 4) is 0 Å². The first-order valence-corrected chi connectivity index (χ1v) is 7.52. The van der Waals surface area contributed by atoms with Crippen molar-refractivity contribution < 1.29 is 14.4 Å².